The maximum absolute atomic E-state index is 11.6. The van der Waals surface area contributed by atoms with Gasteiger partial charge in [0.25, 0.3) is 0 Å². The molecule has 0 bridgehead atoms. The van der Waals surface area contributed by atoms with Crippen molar-refractivity contribution < 1.29 is 23.1 Å². The van der Waals surface area contributed by atoms with E-state index in [0.29, 0.717) is 0 Å². The Morgan fingerprint density at radius 2 is 2.14 bits per heavy atom. The van der Waals surface area contributed by atoms with Crippen LogP contribution in [0.1, 0.15) is 13.3 Å². The van der Waals surface area contributed by atoms with E-state index in [1.54, 1.807) is 0 Å². The van der Waals surface area contributed by atoms with Crippen LogP contribution in [-0.4, -0.2) is 47.0 Å². The fourth-order valence-electron chi connectivity index (χ4n) is 1.98. The minimum atomic E-state index is -3.47. The smallest absolute Gasteiger partial charge is 0.327 e. The zero-order valence-electron chi connectivity index (χ0n) is 7.37. The Morgan fingerprint density at radius 3 is 2.50 bits per heavy atom. The Balaban J connectivity index is 2.46. The lowest BCUT2D eigenvalue weighted by Crippen LogP contribution is -2.56. The highest BCUT2D eigenvalue weighted by atomic mass is 32.2. The summed E-state index contributed by atoms with van der Waals surface area (Å²) in [6.07, 6.45) is -0.0730. The number of sulfone groups is 1. The van der Waals surface area contributed by atoms with E-state index in [1.165, 1.54) is 6.92 Å². The average molecular weight is 219 g/mol. The van der Waals surface area contributed by atoms with E-state index in [1.807, 2.05) is 0 Å². The minimum absolute atomic E-state index is 0.0730. The second-order valence-electron chi connectivity index (χ2n) is 3.54. The van der Waals surface area contributed by atoms with Crippen molar-refractivity contribution >= 4 is 21.7 Å². The number of carboxylic acid groups (broad SMARTS) is 1. The van der Waals surface area contributed by atoms with Crippen molar-refractivity contribution in [3.8, 4) is 0 Å². The van der Waals surface area contributed by atoms with Gasteiger partial charge in [0.1, 0.15) is 11.4 Å². The summed E-state index contributed by atoms with van der Waals surface area (Å²) in [5.74, 6) is -1.65. The number of carbonyl (C=O) groups excluding carboxylic acids is 1. The first kappa shape index (κ1) is 9.45. The highest BCUT2D eigenvalue weighted by molar-refractivity contribution is 7.93. The topological polar surface area (TPSA) is 91.8 Å². The molecule has 3 atom stereocenters. The Labute approximate surface area is 80.4 Å². The van der Waals surface area contributed by atoms with Crippen LogP contribution in [0.25, 0.3) is 0 Å². The number of aliphatic carboxylic acids is 1. The van der Waals surface area contributed by atoms with Crippen LogP contribution in [0.3, 0.4) is 0 Å². The number of carbonyl (C=O) groups is 2. The third-order valence-corrected chi connectivity index (χ3v) is 5.29. The summed E-state index contributed by atoms with van der Waals surface area (Å²) in [4.78, 5) is 22.8. The van der Waals surface area contributed by atoms with Gasteiger partial charge in [0.05, 0.1) is 11.7 Å². The Hall–Kier alpha value is -1.11. The van der Waals surface area contributed by atoms with Gasteiger partial charge in [0, 0.05) is 0 Å². The van der Waals surface area contributed by atoms with Crippen LogP contribution in [0.5, 0.6) is 0 Å². The molecule has 0 aromatic rings. The van der Waals surface area contributed by atoms with Crippen molar-refractivity contribution in [3.05, 3.63) is 0 Å². The van der Waals surface area contributed by atoms with Crippen LogP contribution in [-0.2, 0) is 19.4 Å². The monoisotopic (exact) mass is 219 g/mol. The molecular formula is C7H9NO5S. The predicted molar refractivity (Wildman–Crippen MR) is 45.1 cm³/mol. The maximum atomic E-state index is 11.6. The van der Waals surface area contributed by atoms with E-state index in [9.17, 15) is 18.0 Å². The fraction of sp³-hybridized carbons (Fsp3) is 0.714. The molecule has 0 aromatic heterocycles. The van der Waals surface area contributed by atoms with Crippen molar-refractivity contribution in [1.82, 2.24) is 4.90 Å². The molecule has 0 radical (unpaired) electrons. The van der Waals surface area contributed by atoms with Gasteiger partial charge in [-0.1, -0.05) is 0 Å². The van der Waals surface area contributed by atoms with Gasteiger partial charge >= 0.3 is 5.97 Å². The van der Waals surface area contributed by atoms with Crippen molar-refractivity contribution in [2.75, 3.05) is 0 Å². The fourth-order valence-corrected chi connectivity index (χ4v) is 4.03. The van der Waals surface area contributed by atoms with Gasteiger partial charge in [0.2, 0.25) is 5.91 Å². The second-order valence-corrected chi connectivity index (χ2v) is 6.00. The van der Waals surface area contributed by atoms with Crippen LogP contribution in [0, 0.1) is 0 Å². The van der Waals surface area contributed by atoms with E-state index in [-0.39, 0.29) is 6.42 Å². The number of carboxylic acids is 1. The predicted octanol–water partition coefficient (Wildman–Crippen LogP) is -1.19. The van der Waals surface area contributed by atoms with Crippen LogP contribution < -0.4 is 0 Å². The minimum Gasteiger partial charge on any atom is -0.480 e. The van der Waals surface area contributed by atoms with Crippen LogP contribution in [0.2, 0.25) is 0 Å². The molecule has 0 spiro atoms. The number of nitrogens with zero attached hydrogens (tertiary/aromatic N) is 1. The normalized spacial score (nSPS) is 39.1. The van der Waals surface area contributed by atoms with E-state index < -0.39 is 38.4 Å². The van der Waals surface area contributed by atoms with E-state index in [0.717, 1.165) is 4.90 Å². The summed E-state index contributed by atoms with van der Waals surface area (Å²) in [5, 5.41) is 6.90. The number of β-lactam (4-membered cyclic amide) rings is 1. The van der Waals surface area contributed by atoms with Gasteiger partial charge in [-0.2, -0.15) is 0 Å². The molecular weight excluding hydrogens is 210 g/mol. The first-order valence-electron chi connectivity index (χ1n) is 4.14. The summed E-state index contributed by atoms with van der Waals surface area (Å²) >= 11 is 0. The summed E-state index contributed by atoms with van der Waals surface area (Å²) in [6.45, 7) is 1.33. The number of rotatable bonds is 1. The summed E-state index contributed by atoms with van der Waals surface area (Å²) in [5.41, 5.74) is 0. The zero-order valence-corrected chi connectivity index (χ0v) is 8.19. The standard InChI is InChI=1S/C7H9NO5S/c1-3-6(7(10)11)8-4(9)2-5(8)14(3,12)13/h3,5-6H,2H2,1H3,(H,10,11)/t3-,5-,6+/m0/s1. The van der Waals surface area contributed by atoms with Gasteiger partial charge < -0.3 is 10.0 Å². The molecule has 0 unspecified atom stereocenters. The molecule has 0 aliphatic carbocycles. The van der Waals surface area contributed by atoms with E-state index in [4.69, 9.17) is 5.11 Å². The summed E-state index contributed by atoms with van der Waals surface area (Å²) in [6, 6.07) is -1.20. The molecule has 2 aliphatic heterocycles. The summed E-state index contributed by atoms with van der Waals surface area (Å²) < 4.78 is 23.1. The highest BCUT2D eigenvalue weighted by Crippen LogP contribution is 2.39. The zero-order chi connectivity index (χ0) is 10.7. The second kappa shape index (κ2) is 2.47. The third kappa shape index (κ3) is 0.875. The molecule has 2 heterocycles. The molecule has 1 amide bonds. The molecule has 0 aromatic carbocycles. The van der Waals surface area contributed by atoms with Gasteiger partial charge in [-0.25, -0.2) is 13.2 Å². The highest BCUT2D eigenvalue weighted by Gasteiger charge is 2.61. The van der Waals surface area contributed by atoms with Crippen molar-refractivity contribution in [2.45, 2.75) is 30.0 Å². The van der Waals surface area contributed by atoms with Gasteiger partial charge in [-0.15, -0.1) is 0 Å². The first-order chi connectivity index (χ1) is 6.37. The van der Waals surface area contributed by atoms with E-state index >= 15 is 0 Å². The molecule has 78 valence electrons. The van der Waals surface area contributed by atoms with Crippen molar-refractivity contribution in [2.24, 2.45) is 0 Å². The number of hydrogen-bond donors (Lipinski definition) is 1. The van der Waals surface area contributed by atoms with Crippen molar-refractivity contribution in [3.63, 3.8) is 0 Å². The van der Waals surface area contributed by atoms with Gasteiger partial charge in [0.15, 0.2) is 9.84 Å². The molecule has 2 aliphatic rings. The van der Waals surface area contributed by atoms with Crippen LogP contribution in [0.4, 0.5) is 0 Å². The number of hydrogen-bond acceptors (Lipinski definition) is 4. The third-order valence-electron chi connectivity index (χ3n) is 2.84. The molecule has 2 saturated heterocycles. The molecule has 14 heavy (non-hydrogen) atoms. The molecule has 0 saturated carbocycles. The quantitative estimate of drug-likeness (QED) is 0.560. The lowest BCUT2D eigenvalue weighted by atomic mass is 10.1. The molecule has 2 rings (SSSR count). The molecule has 2 fully saturated rings. The lowest BCUT2D eigenvalue weighted by molar-refractivity contribution is -0.156. The summed E-state index contributed by atoms with van der Waals surface area (Å²) in [7, 11) is -3.47. The Morgan fingerprint density at radius 1 is 1.57 bits per heavy atom. The SMILES string of the molecule is C[C@H]1[C@H](C(=O)O)N2C(=O)C[C@@H]2S1(=O)=O. The Bertz CT molecular complexity index is 414. The maximum Gasteiger partial charge on any atom is 0.327 e. The van der Waals surface area contributed by atoms with Crippen molar-refractivity contribution in [1.29, 1.82) is 0 Å². The number of fused-ring (bicyclic) bond motifs is 1. The largest absolute Gasteiger partial charge is 0.480 e. The average Bonchev–Trinajstić information content (AvgIpc) is 2.21. The first-order valence-corrected chi connectivity index (χ1v) is 5.75. The molecule has 7 heteroatoms. The molecule has 1 N–H and O–H groups in total. The van der Waals surface area contributed by atoms with Crippen LogP contribution in [0.15, 0.2) is 0 Å². The van der Waals surface area contributed by atoms with Gasteiger partial charge in [-0.3, -0.25) is 4.79 Å². The Kier molecular flexibility index (Phi) is 1.67. The van der Waals surface area contributed by atoms with E-state index in [2.05, 4.69) is 0 Å². The number of amides is 1. The molecule has 6 nitrogen and oxygen atoms in total. The van der Waals surface area contributed by atoms with Crippen LogP contribution >= 0.6 is 0 Å². The lowest BCUT2D eigenvalue weighted by Gasteiger charge is -2.34. The van der Waals surface area contributed by atoms with Gasteiger partial charge in [-0.05, 0) is 6.92 Å².